The number of hydrogen-bond acceptors (Lipinski definition) is 3. The average molecular weight is 384 g/mol. The standard InChI is InChI=1S/C25H24N2O2/c1-2-6-24(22-7-4-3-5-8-22)27-25(28)18-29-23-15-13-21(14-16-23)20-11-9-19(17-26)10-12-20/h3-5,7-16,24H,2,6,18H2,1H3,(H,27,28)/t24-/m1/s1. The van der Waals surface area contributed by atoms with Gasteiger partial charge in [-0.05, 0) is 47.4 Å². The van der Waals surface area contributed by atoms with Crippen LogP contribution in [0.2, 0.25) is 0 Å². The first-order valence-electron chi connectivity index (χ1n) is 9.77. The molecule has 0 aromatic heterocycles. The highest BCUT2D eigenvalue weighted by Crippen LogP contribution is 2.23. The van der Waals surface area contributed by atoms with Crippen LogP contribution in [0.1, 0.15) is 36.9 Å². The molecule has 0 bridgehead atoms. The fraction of sp³-hybridized carbons (Fsp3) is 0.200. The van der Waals surface area contributed by atoms with E-state index in [1.165, 1.54) is 0 Å². The Balaban J connectivity index is 1.56. The number of nitriles is 1. The minimum absolute atomic E-state index is 0.00365. The second kappa shape index (κ2) is 10.1. The molecule has 4 heteroatoms. The van der Waals surface area contributed by atoms with Crippen LogP contribution >= 0.6 is 0 Å². The third kappa shape index (κ3) is 5.70. The maximum absolute atomic E-state index is 12.4. The zero-order valence-electron chi connectivity index (χ0n) is 16.5. The van der Waals surface area contributed by atoms with Crippen molar-refractivity contribution in [1.29, 1.82) is 5.26 Å². The second-order valence-corrected chi connectivity index (χ2v) is 6.82. The lowest BCUT2D eigenvalue weighted by Gasteiger charge is -2.18. The Morgan fingerprint density at radius 3 is 2.17 bits per heavy atom. The second-order valence-electron chi connectivity index (χ2n) is 6.82. The van der Waals surface area contributed by atoms with Crippen molar-refractivity contribution >= 4 is 5.91 Å². The van der Waals surface area contributed by atoms with Crippen LogP contribution in [-0.4, -0.2) is 12.5 Å². The predicted molar refractivity (Wildman–Crippen MR) is 114 cm³/mol. The smallest absolute Gasteiger partial charge is 0.258 e. The van der Waals surface area contributed by atoms with Crippen molar-refractivity contribution in [3.8, 4) is 22.9 Å². The van der Waals surface area contributed by atoms with Gasteiger partial charge >= 0.3 is 0 Å². The molecule has 0 spiro atoms. The van der Waals surface area contributed by atoms with Gasteiger partial charge in [-0.1, -0.05) is 67.9 Å². The van der Waals surface area contributed by atoms with Crippen LogP contribution in [0.15, 0.2) is 78.9 Å². The lowest BCUT2D eigenvalue weighted by molar-refractivity contribution is -0.123. The molecule has 1 atom stereocenters. The first-order valence-corrected chi connectivity index (χ1v) is 9.77. The molecule has 0 heterocycles. The number of nitrogens with one attached hydrogen (secondary N) is 1. The summed E-state index contributed by atoms with van der Waals surface area (Å²) in [6, 6.07) is 27.1. The number of amides is 1. The number of benzene rings is 3. The molecule has 3 aromatic rings. The lowest BCUT2D eigenvalue weighted by Crippen LogP contribution is -2.32. The molecule has 29 heavy (non-hydrogen) atoms. The topological polar surface area (TPSA) is 62.1 Å². The van der Waals surface area contributed by atoms with Crippen molar-refractivity contribution in [2.75, 3.05) is 6.61 Å². The molecule has 4 nitrogen and oxygen atoms in total. The molecule has 146 valence electrons. The van der Waals surface area contributed by atoms with Crippen molar-refractivity contribution in [3.05, 3.63) is 90.0 Å². The van der Waals surface area contributed by atoms with Gasteiger partial charge in [-0.2, -0.15) is 5.26 Å². The molecule has 1 amide bonds. The van der Waals surface area contributed by atoms with Gasteiger partial charge in [0.1, 0.15) is 5.75 Å². The van der Waals surface area contributed by atoms with E-state index in [1.807, 2.05) is 66.7 Å². The van der Waals surface area contributed by atoms with Gasteiger partial charge < -0.3 is 10.1 Å². The summed E-state index contributed by atoms with van der Waals surface area (Å²) in [5.41, 5.74) is 3.79. The average Bonchev–Trinajstić information content (AvgIpc) is 2.78. The van der Waals surface area contributed by atoms with Crippen LogP contribution in [0.5, 0.6) is 5.75 Å². The molecule has 0 saturated carbocycles. The molecule has 0 aliphatic heterocycles. The molecule has 0 saturated heterocycles. The molecular weight excluding hydrogens is 360 g/mol. The van der Waals surface area contributed by atoms with Gasteiger partial charge in [0.05, 0.1) is 17.7 Å². The first-order chi connectivity index (χ1) is 14.2. The third-order valence-corrected chi connectivity index (χ3v) is 4.69. The Bertz CT molecular complexity index is 958. The molecule has 0 radical (unpaired) electrons. The van der Waals surface area contributed by atoms with Crippen LogP contribution in [0.4, 0.5) is 0 Å². The minimum Gasteiger partial charge on any atom is -0.484 e. The van der Waals surface area contributed by atoms with Gasteiger partial charge in [0.15, 0.2) is 6.61 Å². The Morgan fingerprint density at radius 1 is 0.966 bits per heavy atom. The Kier molecular flexibility index (Phi) is 7.02. The van der Waals surface area contributed by atoms with Gasteiger partial charge in [0.2, 0.25) is 0 Å². The third-order valence-electron chi connectivity index (χ3n) is 4.69. The summed E-state index contributed by atoms with van der Waals surface area (Å²) in [5, 5.41) is 12.0. The van der Waals surface area contributed by atoms with Crippen molar-refractivity contribution in [2.45, 2.75) is 25.8 Å². The van der Waals surface area contributed by atoms with E-state index < -0.39 is 0 Å². The van der Waals surface area contributed by atoms with Gasteiger partial charge in [-0.25, -0.2) is 0 Å². The number of rotatable bonds is 8. The van der Waals surface area contributed by atoms with Crippen LogP contribution in [0.25, 0.3) is 11.1 Å². The molecular formula is C25H24N2O2. The maximum Gasteiger partial charge on any atom is 0.258 e. The minimum atomic E-state index is -0.136. The van der Waals surface area contributed by atoms with Crippen molar-refractivity contribution in [1.82, 2.24) is 5.32 Å². The largest absolute Gasteiger partial charge is 0.484 e. The van der Waals surface area contributed by atoms with Gasteiger partial charge in [-0.3, -0.25) is 4.79 Å². The Morgan fingerprint density at radius 2 is 1.59 bits per heavy atom. The van der Waals surface area contributed by atoms with E-state index in [0.29, 0.717) is 11.3 Å². The zero-order chi connectivity index (χ0) is 20.5. The van der Waals surface area contributed by atoms with Crippen LogP contribution in [0, 0.1) is 11.3 Å². The van der Waals surface area contributed by atoms with E-state index >= 15 is 0 Å². The van der Waals surface area contributed by atoms with E-state index in [1.54, 1.807) is 12.1 Å². The highest BCUT2D eigenvalue weighted by molar-refractivity contribution is 5.78. The Labute approximate surface area is 171 Å². The van der Waals surface area contributed by atoms with Crippen LogP contribution in [-0.2, 0) is 4.79 Å². The SMILES string of the molecule is CCC[C@@H](NC(=O)COc1ccc(-c2ccc(C#N)cc2)cc1)c1ccccc1. The number of carbonyl (C=O) groups is 1. The summed E-state index contributed by atoms with van der Waals surface area (Å²) in [6.45, 7) is 2.08. The fourth-order valence-electron chi connectivity index (χ4n) is 3.16. The molecule has 3 rings (SSSR count). The first kappa shape index (κ1) is 20.2. The van der Waals surface area contributed by atoms with Crippen molar-refractivity contribution < 1.29 is 9.53 Å². The summed E-state index contributed by atoms with van der Waals surface area (Å²) in [4.78, 5) is 12.4. The highest BCUT2D eigenvalue weighted by atomic mass is 16.5. The van der Waals surface area contributed by atoms with Crippen molar-refractivity contribution in [2.24, 2.45) is 0 Å². The van der Waals surface area contributed by atoms with Gasteiger partial charge in [-0.15, -0.1) is 0 Å². The highest BCUT2D eigenvalue weighted by Gasteiger charge is 2.14. The van der Waals surface area contributed by atoms with Gasteiger partial charge in [0.25, 0.3) is 5.91 Å². The summed E-state index contributed by atoms with van der Waals surface area (Å²) in [7, 11) is 0. The summed E-state index contributed by atoms with van der Waals surface area (Å²) < 4.78 is 5.65. The van der Waals surface area contributed by atoms with E-state index in [-0.39, 0.29) is 18.6 Å². The summed E-state index contributed by atoms with van der Waals surface area (Å²) >= 11 is 0. The zero-order valence-corrected chi connectivity index (χ0v) is 16.5. The summed E-state index contributed by atoms with van der Waals surface area (Å²) in [5.74, 6) is 0.507. The molecule has 0 aliphatic rings. The normalized spacial score (nSPS) is 11.3. The van der Waals surface area contributed by atoms with E-state index in [0.717, 1.165) is 29.5 Å². The van der Waals surface area contributed by atoms with Gasteiger partial charge in [0, 0.05) is 0 Å². The maximum atomic E-state index is 12.4. The lowest BCUT2D eigenvalue weighted by atomic mass is 10.0. The fourth-order valence-corrected chi connectivity index (χ4v) is 3.16. The molecule has 1 N–H and O–H groups in total. The van der Waals surface area contributed by atoms with E-state index in [4.69, 9.17) is 10.00 Å². The van der Waals surface area contributed by atoms with Crippen LogP contribution in [0.3, 0.4) is 0 Å². The van der Waals surface area contributed by atoms with E-state index in [2.05, 4.69) is 18.3 Å². The molecule has 3 aromatic carbocycles. The monoisotopic (exact) mass is 384 g/mol. The van der Waals surface area contributed by atoms with Crippen molar-refractivity contribution in [3.63, 3.8) is 0 Å². The van der Waals surface area contributed by atoms with E-state index in [9.17, 15) is 4.79 Å². The molecule has 0 unspecified atom stereocenters. The predicted octanol–water partition coefficient (Wildman–Crippen LogP) is 5.26. The number of nitrogens with zero attached hydrogens (tertiary/aromatic N) is 1. The number of carbonyl (C=O) groups excluding carboxylic acids is 1. The Hall–Kier alpha value is -3.58. The van der Waals surface area contributed by atoms with Crippen LogP contribution < -0.4 is 10.1 Å². The number of hydrogen-bond donors (Lipinski definition) is 1. The quantitative estimate of drug-likeness (QED) is 0.576. The summed E-state index contributed by atoms with van der Waals surface area (Å²) in [6.07, 6.45) is 1.87. The number of ether oxygens (including phenoxy) is 1. The molecule has 0 fully saturated rings. The molecule has 0 aliphatic carbocycles.